The average Bonchev–Trinajstić information content (AvgIpc) is 2.18. The van der Waals surface area contributed by atoms with E-state index in [4.69, 9.17) is 4.74 Å². The molecule has 0 saturated carbocycles. The number of esters is 1. The van der Waals surface area contributed by atoms with Gasteiger partial charge in [-0.15, -0.1) is 0 Å². The summed E-state index contributed by atoms with van der Waals surface area (Å²) in [4.78, 5) is 13.4. The molecule has 0 bridgehead atoms. The predicted octanol–water partition coefficient (Wildman–Crippen LogP) is 0.785. The Bertz CT molecular complexity index is 208. The lowest BCUT2D eigenvalue weighted by Gasteiger charge is -2.34. The summed E-state index contributed by atoms with van der Waals surface area (Å²) in [5.41, 5.74) is 0. The first-order chi connectivity index (χ1) is 7.13. The molecular weight excluding hydrogens is 194 g/mol. The van der Waals surface area contributed by atoms with Crippen LogP contribution in [0, 0.1) is 0 Å². The molecule has 0 radical (unpaired) electrons. The highest BCUT2D eigenvalue weighted by molar-refractivity contribution is 5.70. The summed E-state index contributed by atoms with van der Waals surface area (Å²) in [6, 6.07) is 0.166. The lowest BCUT2D eigenvalue weighted by atomic mass is 10.1. The van der Waals surface area contributed by atoms with Gasteiger partial charge in [0.25, 0.3) is 0 Å². The third-order valence-electron chi connectivity index (χ3n) is 2.82. The molecule has 1 fully saturated rings. The number of nitrogens with zero attached hydrogens (tertiary/aromatic N) is 1. The van der Waals surface area contributed by atoms with Gasteiger partial charge in [0, 0.05) is 12.6 Å². The molecule has 1 N–H and O–H groups in total. The Morgan fingerprint density at radius 1 is 1.67 bits per heavy atom. The first kappa shape index (κ1) is 12.5. The SMILES string of the molecule is CCOC(=O)CC(C)N1CCC[C@H](O)C1. The fourth-order valence-corrected chi connectivity index (χ4v) is 1.97. The molecule has 0 aromatic heterocycles. The van der Waals surface area contributed by atoms with E-state index < -0.39 is 0 Å². The molecule has 4 nitrogen and oxygen atoms in total. The van der Waals surface area contributed by atoms with E-state index in [2.05, 4.69) is 4.90 Å². The lowest BCUT2D eigenvalue weighted by molar-refractivity contribution is -0.144. The van der Waals surface area contributed by atoms with E-state index in [0.29, 0.717) is 19.6 Å². The number of ether oxygens (including phenoxy) is 1. The Labute approximate surface area is 91.2 Å². The summed E-state index contributed by atoms with van der Waals surface area (Å²) in [7, 11) is 0. The molecule has 1 unspecified atom stereocenters. The molecule has 0 amide bonds. The second kappa shape index (κ2) is 6.08. The van der Waals surface area contributed by atoms with Crippen LogP contribution in [0.4, 0.5) is 0 Å². The van der Waals surface area contributed by atoms with Crippen LogP contribution in [-0.4, -0.2) is 47.8 Å². The van der Waals surface area contributed by atoms with Crippen LogP contribution in [0.2, 0.25) is 0 Å². The molecule has 1 saturated heterocycles. The number of hydrogen-bond acceptors (Lipinski definition) is 4. The third kappa shape index (κ3) is 4.18. The maximum atomic E-state index is 11.3. The molecule has 88 valence electrons. The smallest absolute Gasteiger partial charge is 0.307 e. The number of aliphatic hydroxyl groups is 1. The summed E-state index contributed by atoms with van der Waals surface area (Å²) >= 11 is 0. The van der Waals surface area contributed by atoms with Crippen LogP contribution in [0.25, 0.3) is 0 Å². The van der Waals surface area contributed by atoms with E-state index in [1.165, 1.54) is 0 Å². The molecule has 0 aromatic carbocycles. The lowest BCUT2D eigenvalue weighted by Crippen LogP contribution is -2.44. The van der Waals surface area contributed by atoms with Gasteiger partial charge in [-0.1, -0.05) is 0 Å². The normalized spacial score (nSPS) is 24.9. The van der Waals surface area contributed by atoms with Crippen molar-refractivity contribution < 1.29 is 14.6 Å². The molecule has 0 aliphatic carbocycles. The van der Waals surface area contributed by atoms with Crippen LogP contribution in [0.15, 0.2) is 0 Å². The number of carbonyl (C=O) groups excluding carboxylic acids is 1. The molecule has 0 spiro atoms. The second-order valence-electron chi connectivity index (χ2n) is 4.15. The Morgan fingerprint density at radius 2 is 2.40 bits per heavy atom. The van der Waals surface area contributed by atoms with Crippen molar-refractivity contribution in [1.82, 2.24) is 4.90 Å². The van der Waals surface area contributed by atoms with Gasteiger partial charge in [0.15, 0.2) is 0 Å². The molecule has 1 heterocycles. The van der Waals surface area contributed by atoms with Crippen molar-refractivity contribution in [2.45, 2.75) is 45.3 Å². The summed E-state index contributed by atoms with van der Waals surface area (Å²) in [6.07, 6.45) is 2.07. The summed E-state index contributed by atoms with van der Waals surface area (Å²) in [5, 5.41) is 9.51. The van der Waals surface area contributed by atoms with Crippen LogP contribution in [0.3, 0.4) is 0 Å². The van der Waals surface area contributed by atoms with Crippen molar-refractivity contribution in [3.8, 4) is 0 Å². The fourth-order valence-electron chi connectivity index (χ4n) is 1.97. The average molecular weight is 215 g/mol. The van der Waals surface area contributed by atoms with Gasteiger partial charge in [-0.05, 0) is 33.2 Å². The van der Waals surface area contributed by atoms with Crippen molar-refractivity contribution in [2.75, 3.05) is 19.7 Å². The fraction of sp³-hybridized carbons (Fsp3) is 0.909. The molecule has 2 atom stereocenters. The summed E-state index contributed by atoms with van der Waals surface area (Å²) < 4.78 is 4.90. The molecule has 1 aliphatic heterocycles. The van der Waals surface area contributed by atoms with Crippen molar-refractivity contribution in [1.29, 1.82) is 0 Å². The molecule has 4 heteroatoms. The minimum Gasteiger partial charge on any atom is -0.466 e. The molecule has 1 aliphatic rings. The maximum Gasteiger partial charge on any atom is 0.307 e. The van der Waals surface area contributed by atoms with Crippen LogP contribution in [0.1, 0.15) is 33.1 Å². The zero-order chi connectivity index (χ0) is 11.3. The van der Waals surface area contributed by atoms with Gasteiger partial charge in [-0.2, -0.15) is 0 Å². The Morgan fingerprint density at radius 3 is 3.00 bits per heavy atom. The third-order valence-corrected chi connectivity index (χ3v) is 2.82. The molecule has 15 heavy (non-hydrogen) atoms. The van der Waals surface area contributed by atoms with Crippen molar-refractivity contribution >= 4 is 5.97 Å². The monoisotopic (exact) mass is 215 g/mol. The Hall–Kier alpha value is -0.610. The molecular formula is C11H21NO3. The van der Waals surface area contributed by atoms with E-state index in [9.17, 15) is 9.90 Å². The van der Waals surface area contributed by atoms with Crippen LogP contribution in [-0.2, 0) is 9.53 Å². The van der Waals surface area contributed by atoms with Gasteiger partial charge in [0.05, 0.1) is 19.1 Å². The van der Waals surface area contributed by atoms with Gasteiger partial charge in [0.2, 0.25) is 0 Å². The minimum atomic E-state index is -0.233. The zero-order valence-corrected chi connectivity index (χ0v) is 9.61. The number of hydrogen-bond donors (Lipinski definition) is 1. The number of carbonyl (C=O) groups is 1. The van der Waals surface area contributed by atoms with Crippen molar-refractivity contribution in [2.24, 2.45) is 0 Å². The van der Waals surface area contributed by atoms with Crippen LogP contribution in [0.5, 0.6) is 0 Å². The number of β-amino-alcohol motifs (C(OH)–C–C–N with tert-alkyl or cyclic N) is 1. The van der Waals surface area contributed by atoms with Crippen molar-refractivity contribution in [3.05, 3.63) is 0 Å². The highest BCUT2D eigenvalue weighted by Gasteiger charge is 2.23. The van der Waals surface area contributed by atoms with Gasteiger partial charge < -0.3 is 9.84 Å². The second-order valence-corrected chi connectivity index (χ2v) is 4.15. The van der Waals surface area contributed by atoms with Crippen molar-refractivity contribution in [3.63, 3.8) is 0 Å². The van der Waals surface area contributed by atoms with E-state index in [-0.39, 0.29) is 18.1 Å². The first-order valence-electron chi connectivity index (χ1n) is 5.71. The largest absolute Gasteiger partial charge is 0.466 e. The molecule has 1 rings (SSSR count). The Kier molecular flexibility index (Phi) is 5.05. The van der Waals surface area contributed by atoms with Gasteiger partial charge in [-0.3, -0.25) is 9.69 Å². The highest BCUT2D eigenvalue weighted by Crippen LogP contribution is 2.14. The first-order valence-corrected chi connectivity index (χ1v) is 5.71. The quantitative estimate of drug-likeness (QED) is 0.704. The topological polar surface area (TPSA) is 49.8 Å². The van der Waals surface area contributed by atoms with Gasteiger partial charge in [0.1, 0.15) is 0 Å². The van der Waals surface area contributed by atoms with Gasteiger partial charge >= 0.3 is 5.97 Å². The van der Waals surface area contributed by atoms with Gasteiger partial charge in [-0.25, -0.2) is 0 Å². The van der Waals surface area contributed by atoms with E-state index in [1.54, 1.807) is 0 Å². The zero-order valence-electron chi connectivity index (χ0n) is 9.61. The highest BCUT2D eigenvalue weighted by atomic mass is 16.5. The Balaban J connectivity index is 2.32. The number of aliphatic hydroxyl groups excluding tert-OH is 1. The summed E-state index contributed by atoms with van der Waals surface area (Å²) in [5.74, 6) is -0.148. The van der Waals surface area contributed by atoms with E-state index >= 15 is 0 Å². The van der Waals surface area contributed by atoms with E-state index in [1.807, 2.05) is 13.8 Å². The number of likely N-dealkylation sites (tertiary alicyclic amines) is 1. The van der Waals surface area contributed by atoms with Crippen LogP contribution >= 0.6 is 0 Å². The predicted molar refractivity (Wildman–Crippen MR) is 57.5 cm³/mol. The van der Waals surface area contributed by atoms with Crippen LogP contribution < -0.4 is 0 Å². The minimum absolute atomic E-state index is 0.148. The standard InChI is InChI=1S/C11H21NO3/c1-3-15-11(14)7-9(2)12-6-4-5-10(13)8-12/h9-10,13H,3-8H2,1-2H3/t9?,10-/m0/s1. The maximum absolute atomic E-state index is 11.3. The number of piperidine rings is 1. The number of rotatable bonds is 4. The molecule has 0 aromatic rings. The van der Waals surface area contributed by atoms with E-state index in [0.717, 1.165) is 19.4 Å². The summed E-state index contributed by atoms with van der Waals surface area (Å²) in [6.45, 7) is 5.91.